The smallest absolute Gasteiger partial charge is 0.237 e. The molecule has 2 amide bonds. The number of primary amides is 2. The lowest BCUT2D eigenvalue weighted by atomic mass is 10.3. The van der Waals surface area contributed by atoms with Crippen LogP contribution in [-0.4, -0.2) is 52.1 Å². The maximum absolute atomic E-state index is 11.1. The topological polar surface area (TPSA) is 156 Å². The van der Waals surface area contributed by atoms with Gasteiger partial charge in [-0.05, 0) is 0 Å². The first-order valence-electron chi connectivity index (χ1n) is 5.71. The monoisotopic (exact) mass is 278 g/mol. The summed E-state index contributed by atoms with van der Waals surface area (Å²) in [7, 11) is 1.65. The normalized spacial score (nSPS) is 10.4. The molecule has 0 spiro atoms. The number of nitrogens with two attached hydrogens (primary N) is 2. The molecule has 20 heavy (non-hydrogen) atoms. The summed E-state index contributed by atoms with van der Waals surface area (Å²) >= 11 is 0. The number of carbonyl (C=O) groups excluding carboxylic acids is 2. The first-order chi connectivity index (χ1) is 9.51. The van der Waals surface area contributed by atoms with Crippen molar-refractivity contribution in [2.75, 3.05) is 30.4 Å². The number of aromatic nitrogens is 4. The van der Waals surface area contributed by atoms with Gasteiger partial charge in [0, 0.05) is 7.05 Å². The molecule has 2 rings (SSSR count). The summed E-state index contributed by atoms with van der Waals surface area (Å²) in [5.41, 5.74) is 10.8. The Hall–Kier alpha value is -2.91. The number of amides is 2. The fourth-order valence-electron chi connectivity index (χ4n) is 1.75. The van der Waals surface area contributed by atoms with Crippen molar-refractivity contribution in [2.24, 2.45) is 11.5 Å². The van der Waals surface area contributed by atoms with Crippen molar-refractivity contribution >= 4 is 34.6 Å². The zero-order chi connectivity index (χ0) is 14.7. The second kappa shape index (κ2) is 5.38. The lowest BCUT2D eigenvalue weighted by Crippen LogP contribution is -2.40. The third-order valence-corrected chi connectivity index (χ3v) is 2.51. The van der Waals surface area contributed by atoms with Crippen LogP contribution in [0.15, 0.2) is 6.20 Å². The van der Waals surface area contributed by atoms with Crippen LogP contribution in [0.2, 0.25) is 0 Å². The number of rotatable bonds is 6. The Kier molecular flexibility index (Phi) is 3.64. The molecule has 0 unspecified atom stereocenters. The van der Waals surface area contributed by atoms with Crippen molar-refractivity contribution in [3.05, 3.63) is 6.20 Å². The van der Waals surface area contributed by atoms with E-state index in [1.807, 2.05) is 0 Å². The van der Waals surface area contributed by atoms with Gasteiger partial charge >= 0.3 is 0 Å². The predicted molar refractivity (Wildman–Crippen MR) is 71.8 cm³/mol. The molecule has 2 heterocycles. The van der Waals surface area contributed by atoms with Crippen LogP contribution in [0.4, 0.5) is 11.8 Å². The minimum Gasteiger partial charge on any atom is -0.368 e. The standard InChI is InChI=1S/C10H14N8O2/c1-13-10-15-8-5(2-14-17-8)9(16-10)18(3-6(11)19)4-7(12)20/h2H,3-4H2,1H3,(H2,11,19)(H2,12,20)(H2,13,14,15,16,17). The van der Waals surface area contributed by atoms with Gasteiger partial charge in [-0.2, -0.15) is 15.1 Å². The molecule has 0 bridgehead atoms. The number of aromatic amines is 1. The third-order valence-electron chi connectivity index (χ3n) is 2.51. The van der Waals surface area contributed by atoms with E-state index in [-0.39, 0.29) is 13.1 Å². The average Bonchev–Trinajstić information content (AvgIpc) is 2.83. The summed E-state index contributed by atoms with van der Waals surface area (Å²) in [6.45, 7) is -0.382. The van der Waals surface area contributed by atoms with Crippen molar-refractivity contribution in [1.29, 1.82) is 0 Å². The number of hydrogen-bond donors (Lipinski definition) is 4. The van der Waals surface area contributed by atoms with Crippen LogP contribution in [-0.2, 0) is 9.59 Å². The highest BCUT2D eigenvalue weighted by Crippen LogP contribution is 2.23. The van der Waals surface area contributed by atoms with E-state index in [0.717, 1.165) is 0 Å². The van der Waals surface area contributed by atoms with Gasteiger partial charge in [0.1, 0.15) is 5.82 Å². The molecule has 10 nitrogen and oxygen atoms in total. The maximum atomic E-state index is 11.1. The second-order valence-corrected chi connectivity index (χ2v) is 4.04. The van der Waals surface area contributed by atoms with Crippen molar-refractivity contribution in [2.45, 2.75) is 0 Å². The number of nitrogens with one attached hydrogen (secondary N) is 2. The molecule has 0 saturated heterocycles. The van der Waals surface area contributed by atoms with E-state index in [2.05, 4.69) is 25.5 Å². The maximum Gasteiger partial charge on any atom is 0.237 e. The summed E-state index contributed by atoms with van der Waals surface area (Å²) in [4.78, 5) is 32.0. The van der Waals surface area contributed by atoms with Gasteiger partial charge in [-0.25, -0.2) is 0 Å². The van der Waals surface area contributed by atoms with E-state index in [1.54, 1.807) is 7.05 Å². The third kappa shape index (κ3) is 2.74. The van der Waals surface area contributed by atoms with Gasteiger partial charge in [0.15, 0.2) is 5.65 Å². The fraction of sp³-hybridized carbons (Fsp3) is 0.300. The molecule has 0 aromatic carbocycles. The lowest BCUT2D eigenvalue weighted by Gasteiger charge is -2.21. The Morgan fingerprint density at radius 2 is 1.95 bits per heavy atom. The van der Waals surface area contributed by atoms with Crippen molar-refractivity contribution < 1.29 is 9.59 Å². The Bertz CT molecular complexity index is 636. The molecular formula is C10H14N8O2. The van der Waals surface area contributed by atoms with Gasteiger partial charge in [0.2, 0.25) is 17.8 Å². The summed E-state index contributed by atoms with van der Waals surface area (Å²) in [5, 5.41) is 9.90. The number of nitrogens with zero attached hydrogens (tertiary/aromatic N) is 4. The Morgan fingerprint density at radius 3 is 2.50 bits per heavy atom. The Balaban J connectivity index is 2.52. The van der Waals surface area contributed by atoms with Crippen LogP contribution in [0.25, 0.3) is 11.0 Å². The summed E-state index contributed by atoms with van der Waals surface area (Å²) < 4.78 is 0. The quantitative estimate of drug-likeness (QED) is 0.484. The number of carbonyl (C=O) groups is 2. The van der Waals surface area contributed by atoms with Crippen LogP contribution in [0, 0.1) is 0 Å². The largest absolute Gasteiger partial charge is 0.368 e. The molecule has 0 aliphatic rings. The molecule has 0 fully saturated rings. The zero-order valence-corrected chi connectivity index (χ0v) is 10.8. The minimum absolute atomic E-state index is 0.191. The molecule has 0 radical (unpaired) electrons. The van der Waals surface area contributed by atoms with Crippen molar-refractivity contribution in [3.63, 3.8) is 0 Å². The van der Waals surface area contributed by atoms with Gasteiger partial charge < -0.3 is 21.7 Å². The molecule has 0 aliphatic heterocycles. The summed E-state index contributed by atoms with van der Waals surface area (Å²) in [6.07, 6.45) is 1.50. The van der Waals surface area contributed by atoms with E-state index in [9.17, 15) is 9.59 Å². The molecule has 2 aromatic heterocycles. The van der Waals surface area contributed by atoms with E-state index < -0.39 is 11.8 Å². The molecule has 2 aromatic rings. The highest BCUT2D eigenvalue weighted by atomic mass is 16.2. The minimum atomic E-state index is -0.604. The van der Waals surface area contributed by atoms with Crippen LogP contribution in [0.5, 0.6) is 0 Å². The molecule has 0 saturated carbocycles. The van der Waals surface area contributed by atoms with Gasteiger partial charge in [-0.15, -0.1) is 0 Å². The first kappa shape index (κ1) is 13.5. The van der Waals surface area contributed by atoms with Gasteiger partial charge in [0.25, 0.3) is 0 Å². The SMILES string of the molecule is CNc1nc(N(CC(N)=O)CC(N)=O)c2cn[nH]c2n1. The van der Waals surface area contributed by atoms with Gasteiger partial charge in [-0.3, -0.25) is 14.7 Å². The molecule has 0 aliphatic carbocycles. The second-order valence-electron chi connectivity index (χ2n) is 4.04. The number of fused-ring (bicyclic) bond motifs is 1. The van der Waals surface area contributed by atoms with Crippen LogP contribution in [0.1, 0.15) is 0 Å². The predicted octanol–water partition coefficient (Wildman–Crippen LogP) is -1.83. The summed E-state index contributed by atoms with van der Waals surface area (Å²) in [5.74, 6) is -0.540. The van der Waals surface area contributed by atoms with E-state index in [4.69, 9.17) is 11.5 Å². The average molecular weight is 278 g/mol. The fourth-order valence-corrected chi connectivity index (χ4v) is 1.75. The van der Waals surface area contributed by atoms with Gasteiger partial charge in [0.05, 0.1) is 24.7 Å². The van der Waals surface area contributed by atoms with Crippen LogP contribution < -0.4 is 21.7 Å². The summed E-state index contributed by atoms with van der Waals surface area (Å²) in [6, 6.07) is 0. The van der Waals surface area contributed by atoms with Crippen molar-refractivity contribution in [1.82, 2.24) is 20.2 Å². The molecule has 0 atom stereocenters. The number of anilines is 2. The van der Waals surface area contributed by atoms with E-state index in [1.165, 1.54) is 11.1 Å². The Labute approximate surface area is 113 Å². The highest BCUT2D eigenvalue weighted by Gasteiger charge is 2.19. The molecule has 10 heteroatoms. The molecule has 6 N–H and O–H groups in total. The number of hydrogen-bond acceptors (Lipinski definition) is 7. The highest BCUT2D eigenvalue weighted by molar-refractivity contribution is 5.92. The molecule has 106 valence electrons. The molecular weight excluding hydrogens is 264 g/mol. The van der Waals surface area contributed by atoms with Crippen LogP contribution in [0.3, 0.4) is 0 Å². The Morgan fingerprint density at radius 1 is 1.30 bits per heavy atom. The van der Waals surface area contributed by atoms with E-state index >= 15 is 0 Å². The van der Waals surface area contributed by atoms with Gasteiger partial charge in [-0.1, -0.05) is 0 Å². The first-order valence-corrected chi connectivity index (χ1v) is 5.71. The van der Waals surface area contributed by atoms with Crippen molar-refractivity contribution in [3.8, 4) is 0 Å². The lowest BCUT2D eigenvalue weighted by molar-refractivity contribution is -0.117. The van der Waals surface area contributed by atoms with E-state index in [0.29, 0.717) is 22.8 Å². The number of H-pyrrole nitrogens is 1. The van der Waals surface area contributed by atoms with Crippen LogP contribution >= 0.6 is 0 Å². The zero-order valence-electron chi connectivity index (χ0n) is 10.8.